The Labute approximate surface area is 231 Å². The van der Waals surface area contributed by atoms with Gasteiger partial charge in [0.05, 0.1) is 0 Å². The van der Waals surface area contributed by atoms with E-state index in [1.807, 2.05) is 78.9 Å². The highest BCUT2D eigenvalue weighted by Gasteiger charge is 2.32. The molecule has 10 heteroatoms. The predicted molar refractivity (Wildman–Crippen MR) is 145 cm³/mol. The second-order valence-electron chi connectivity index (χ2n) is 9.73. The number of carbonyl (C=O) groups excluding carboxylic acids is 2. The minimum atomic E-state index is -2.92. The maximum atomic E-state index is 13.3. The molecule has 0 aromatic heterocycles. The van der Waals surface area contributed by atoms with Crippen LogP contribution in [0.5, 0.6) is 0 Å². The Morgan fingerprint density at radius 2 is 1.45 bits per heavy atom. The summed E-state index contributed by atoms with van der Waals surface area (Å²) in [5.41, 5.74) is 4.94. The van der Waals surface area contributed by atoms with Crippen molar-refractivity contribution >= 4 is 18.0 Å². The van der Waals surface area contributed by atoms with E-state index in [0.29, 0.717) is 6.54 Å². The molecule has 0 heterocycles. The Bertz CT molecular complexity index is 1290. The number of hydrogen-bond acceptors (Lipinski definition) is 5. The number of benzene rings is 3. The van der Waals surface area contributed by atoms with E-state index in [9.17, 15) is 28.3 Å². The van der Waals surface area contributed by atoms with Crippen molar-refractivity contribution in [2.75, 3.05) is 20.2 Å². The quantitative estimate of drug-likeness (QED) is 0.311. The van der Waals surface area contributed by atoms with Crippen molar-refractivity contribution in [3.63, 3.8) is 0 Å². The first-order valence-corrected chi connectivity index (χ1v) is 12.9. The van der Waals surface area contributed by atoms with Crippen LogP contribution in [0.25, 0.3) is 11.1 Å². The van der Waals surface area contributed by atoms with E-state index in [0.717, 1.165) is 27.8 Å². The van der Waals surface area contributed by atoms with Crippen LogP contribution in [0.1, 0.15) is 29.0 Å². The Kier molecular flexibility index (Phi) is 9.44. The minimum Gasteiger partial charge on any atom is -0.480 e. The van der Waals surface area contributed by atoms with Crippen LogP contribution in [0.3, 0.4) is 0 Å². The molecule has 0 bridgehead atoms. The maximum Gasteiger partial charge on any atom is 0.407 e. The number of carbonyl (C=O) groups is 3. The zero-order chi connectivity index (χ0) is 28.6. The number of alkyl halides is 2. The van der Waals surface area contributed by atoms with Crippen LogP contribution in [-0.2, 0) is 20.9 Å². The lowest BCUT2D eigenvalue weighted by Crippen LogP contribution is -2.54. The molecule has 0 spiro atoms. The topological polar surface area (TPSA) is 108 Å². The van der Waals surface area contributed by atoms with Crippen LogP contribution in [0, 0.1) is 0 Å². The summed E-state index contributed by atoms with van der Waals surface area (Å²) < 4.78 is 32.0. The zero-order valence-corrected chi connectivity index (χ0v) is 21.9. The van der Waals surface area contributed by atoms with E-state index >= 15 is 0 Å². The smallest absolute Gasteiger partial charge is 0.407 e. The molecule has 0 aliphatic heterocycles. The van der Waals surface area contributed by atoms with Crippen molar-refractivity contribution < 1.29 is 33.0 Å². The first-order chi connectivity index (χ1) is 19.2. The number of carboxylic acid groups (broad SMARTS) is 1. The number of halogens is 2. The average molecular weight is 552 g/mol. The molecule has 3 aromatic carbocycles. The maximum absolute atomic E-state index is 13.3. The van der Waals surface area contributed by atoms with Gasteiger partial charge in [-0.2, -0.15) is 0 Å². The number of carboxylic acids is 1. The number of rotatable bonds is 12. The highest BCUT2D eigenvalue weighted by Crippen LogP contribution is 2.44. The van der Waals surface area contributed by atoms with Crippen molar-refractivity contribution in [2.45, 2.75) is 37.4 Å². The summed E-state index contributed by atoms with van der Waals surface area (Å²) in [4.78, 5) is 39.0. The normalized spacial score (nSPS) is 13.8. The van der Waals surface area contributed by atoms with Gasteiger partial charge in [-0.25, -0.2) is 18.4 Å². The van der Waals surface area contributed by atoms with Crippen LogP contribution in [-0.4, -0.2) is 66.7 Å². The molecule has 2 unspecified atom stereocenters. The van der Waals surface area contributed by atoms with Crippen molar-refractivity contribution in [1.82, 2.24) is 15.5 Å². The molecule has 3 N–H and O–H groups in total. The fraction of sp³-hybridized carbons (Fsp3) is 0.300. The van der Waals surface area contributed by atoms with Crippen LogP contribution in [0.15, 0.2) is 78.9 Å². The van der Waals surface area contributed by atoms with Crippen molar-refractivity contribution in [3.8, 4) is 11.1 Å². The molecule has 3 aromatic rings. The van der Waals surface area contributed by atoms with Crippen molar-refractivity contribution in [3.05, 3.63) is 95.6 Å². The number of nitrogens with zero attached hydrogens (tertiary/aromatic N) is 1. The Balaban J connectivity index is 1.37. The molecule has 8 nitrogen and oxygen atoms in total. The van der Waals surface area contributed by atoms with E-state index in [1.165, 1.54) is 0 Å². The van der Waals surface area contributed by atoms with Gasteiger partial charge in [-0.1, -0.05) is 78.9 Å². The standard InChI is InChI=1S/C30H31F2N3O5/c1-35(16-19-9-3-2-4-10-19)17-26(29(37)38)33-28(36)25(15-27(31)32)34-30(39)40-18-24-22-13-7-5-11-20(22)21-12-6-8-14-23(21)24/h2-14,24-27H,15-18H2,1H3,(H,33,36)(H,34,39)(H,37,38). The number of alkyl carbamates (subject to hydrolysis) is 1. The highest BCUT2D eigenvalue weighted by atomic mass is 19.3. The lowest BCUT2D eigenvalue weighted by atomic mass is 9.98. The van der Waals surface area contributed by atoms with Gasteiger partial charge in [0, 0.05) is 25.4 Å². The fourth-order valence-electron chi connectivity index (χ4n) is 4.92. The highest BCUT2D eigenvalue weighted by molar-refractivity contribution is 5.89. The van der Waals surface area contributed by atoms with Crippen LogP contribution >= 0.6 is 0 Å². The monoisotopic (exact) mass is 551 g/mol. The summed E-state index contributed by atoms with van der Waals surface area (Å²) in [5.74, 6) is -2.61. The van der Waals surface area contributed by atoms with Crippen molar-refractivity contribution in [2.24, 2.45) is 0 Å². The number of aliphatic carboxylic acids is 1. The van der Waals surface area contributed by atoms with Crippen LogP contribution < -0.4 is 10.6 Å². The molecule has 4 rings (SSSR count). The molecule has 1 aliphatic rings. The Morgan fingerprint density at radius 3 is 2.02 bits per heavy atom. The third-order valence-electron chi connectivity index (χ3n) is 6.77. The Hall–Kier alpha value is -4.31. The third kappa shape index (κ3) is 7.20. The van der Waals surface area contributed by atoms with Gasteiger partial charge in [-0.15, -0.1) is 0 Å². The van der Waals surface area contributed by atoms with Gasteiger partial charge >= 0.3 is 12.1 Å². The van der Waals surface area contributed by atoms with Gasteiger partial charge in [0.15, 0.2) is 0 Å². The number of ether oxygens (including phenoxy) is 1. The van der Waals surface area contributed by atoms with E-state index < -0.39 is 42.9 Å². The van der Waals surface area contributed by atoms with Gasteiger partial charge in [0.1, 0.15) is 18.7 Å². The zero-order valence-electron chi connectivity index (χ0n) is 21.9. The Morgan fingerprint density at radius 1 is 0.875 bits per heavy atom. The summed E-state index contributed by atoms with van der Waals surface area (Å²) in [6.45, 7) is 0.270. The molecular formula is C30H31F2N3O5. The summed E-state index contributed by atoms with van der Waals surface area (Å²) in [5, 5.41) is 14.1. The predicted octanol–water partition coefficient (Wildman–Crippen LogP) is 4.25. The molecule has 0 saturated heterocycles. The molecule has 2 atom stereocenters. The molecule has 0 saturated carbocycles. The molecule has 210 valence electrons. The van der Waals surface area contributed by atoms with Gasteiger partial charge in [-0.3, -0.25) is 9.69 Å². The number of fused-ring (bicyclic) bond motifs is 3. The first kappa shape index (κ1) is 28.7. The van der Waals surface area contributed by atoms with Gasteiger partial charge in [0.25, 0.3) is 0 Å². The number of likely N-dealkylation sites (N-methyl/N-ethyl adjacent to an activating group) is 1. The summed E-state index contributed by atoms with van der Waals surface area (Å²) in [6.07, 6.45) is -4.97. The molecule has 1 aliphatic carbocycles. The van der Waals surface area contributed by atoms with E-state index in [4.69, 9.17) is 4.74 Å². The van der Waals surface area contributed by atoms with Gasteiger partial charge < -0.3 is 20.5 Å². The van der Waals surface area contributed by atoms with E-state index in [-0.39, 0.29) is 19.1 Å². The lowest BCUT2D eigenvalue weighted by Gasteiger charge is -2.25. The molecule has 40 heavy (non-hydrogen) atoms. The second kappa shape index (κ2) is 13.2. The van der Waals surface area contributed by atoms with Crippen LogP contribution in [0.4, 0.5) is 13.6 Å². The van der Waals surface area contributed by atoms with E-state index in [1.54, 1.807) is 11.9 Å². The number of amides is 2. The summed E-state index contributed by atoms with van der Waals surface area (Å²) >= 11 is 0. The minimum absolute atomic E-state index is 0.0646. The van der Waals surface area contributed by atoms with Crippen molar-refractivity contribution in [1.29, 1.82) is 0 Å². The SMILES string of the molecule is CN(Cc1ccccc1)CC(NC(=O)C(CC(F)F)NC(=O)OCC1c2ccccc2-c2ccccc21)C(=O)O. The molecule has 0 radical (unpaired) electrons. The second-order valence-corrected chi connectivity index (χ2v) is 9.73. The largest absolute Gasteiger partial charge is 0.480 e. The van der Waals surface area contributed by atoms with E-state index in [2.05, 4.69) is 10.6 Å². The van der Waals surface area contributed by atoms with Gasteiger partial charge in [0.2, 0.25) is 12.3 Å². The lowest BCUT2D eigenvalue weighted by molar-refractivity contribution is -0.142. The van der Waals surface area contributed by atoms with Crippen LogP contribution in [0.2, 0.25) is 0 Å². The first-order valence-electron chi connectivity index (χ1n) is 12.9. The molecular weight excluding hydrogens is 520 g/mol. The average Bonchev–Trinajstić information content (AvgIpc) is 3.25. The fourth-order valence-corrected chi connectivity index (χ4v) is 4.92. The molecule has 0 fully saturated rings. The summed E-state index contributed by atoms with van der Waals surface area (Å²) in [6, 6.07) is 21.7. The molecule has 2 amide bonds. The number of hydrogen-bond donors (Lipinski definition) is 3. The summed E-state index contributed by atoms with van der Waals surface area (Å²) in [7, 11) is 1.68. The third-order valence-corrected chi connectivity index (χ3v) is 6.77. The van der Waals surface area contributed by atoms with Gasteiger partial charge in [-0.05, 0) is 34.9 Å². The number of nitrogens with one attached hydrogen (secondary N) is 2.